The Labute approximate surface area is 153 Å². The van der Waals surface area contributed by atoms with E-state index in [0.29, 0.717) is 11.4 Å². The first-order valence-corrected chi connectivity index (χ1v) is 8.29. The highest BCUT2D eigenvalue weighted by Crippen LogP contribution is 2.19. The van der Waals surface area contributed by atoms with Crippen molar-refractivity contribution in [2.45, 2.75) is 27.7 Å². The fourth-order valence-electron chi connectivity index (χ4n) is 2.60. The van der Waals surface area contributed by atoms with E-state index in [9.17, 15) is 14.4 Å². The zero-order valence-electron chi connectivity index (χ0n) is 15.4. The molecule has 0 fully saturated rings. The van der Waals surface area contributed by atoms with Gasteiger partial charge in [0.25, 0.3) is 0 Å². The first-order chi connectivity index (χ1) is 12.3. The van der Waals surface area contributed by atoms with Crippen LogP contribution in [0.2, 0.25) is 0 Å². The maximum Gasteiger partial charge on any atom is 0.244 e. The average Bonchev–Trinajstić information content (AvgIpc) is 2.55. The van der Waals surface area contributed by atoms with Crippen molar-refractivity contribution in [3.05, 3.63) is 53.6 Å². The monoisotopic (exact) mass is 353 g/mol. The van der Waals surface area contributed by atoms with E-state index in [1.165, 1.54) is 18.7 Å². The van der Waals surface area contributed by atoms with E-state index in [-0.39, 0.29) is 24.3 Å². The van der Waals surface area contributed by atoms with Gasteiger partial charge in [-0.15, -0.1) is 0 Å². The summed E-state index contributed by atoms with van der Waals surface area (Å²) in [6, 6.07) is 12.5. The fourth-order valence-corrected chi connectivity index (χ4v) is 2.60. The molecule has 0 aliphatic heterocycles. The van der Waals surface area contributed by atoms with Crippen molar-refractivity contribution < 1.29 is 14.4 Å². The molecule has 2 rings (SSSR count). The number of anilines is 3. The van der Waals surface area contributed by atoms with Crippen molar-refractivity contribution in [3.63, 3.8) is 0 Å². The van der Waals surface area contributed by atoms with Crippen LogP contribution in [0.3, 0.4) is 0 Å². The summed E-state index contributed by atoms with van der Waals surface area (Å²) in [5, 5.41) is 5.50. The maximum absolute atomic E-state index is 12.4. The van der Waals surface area contributed by atoms with Crippen LogP contribution in [0.25, 0.3) is 0 Å². The Morgan fingerprint density at radius 2 is 1.58 bits per heavy atom. The van der Waals surface area contributed by atoms with Crippen molar-refractivity contribution in [3.8, 4) is 0 Å². The Bertz CT molecular complexity index is 829. The van der Waals surface area contributed by atoms with Gasteiger partial charge >= 0.3 is 0 Å². The van der Waals surface area contributed by atoms with Gasteiger partial charge in [-0.25, -0.2) is 0 Å². The largest absolute Gasteiger partial charge is 0.326 e. The van der Waals surface area contributed by atoms with Gasteiger partial charge in [0, 0.05) is 30.9 Å². The molecule has 0 heterocycles. The molecule has 0 radical (unpaired) electrons. The van der Waals surface area contributed by atoms with E-state index in [1.54, 1.807) is 24.3 Å². The van der Waals surface area contributed by atoms with Gasteiger partial charge < -0.3 is 15.5 Å². The number of nitrogens with one attached hydrogen (secondary N) is 2. The molecule has 0 saturated carbocycles. The smallest absolute Gasteiger partial charge is 0.244 e. The van der Waals surface area contributed by atoms with Gasteiger partial charge in [-0.3, -0.25) is 14.4 Å². The lowest BCUT2D eigenvalue weighted by Crippen LogP contribution is -2.36. The van der Waals surface area contributed by atoms with Crippen LogP contribution in [0, 0.1) is 13.8 Å². The van der Waals surface area contributed by atoms with Gasteiger partial charge in [0.15, 0.2) is 0 Å². The second kappa shape index (κ2) is 8.29. The highest BCUT2D eigenvalue weighted by atomic mass is 16.2. The van der Waals surface area contributed by atoms with Crippen LogP contribution in [-0.2, 0) is 14.4 Å². The minimum absolute atomic E-state index is 0.0951. The van der Waals surface area contributed by atoms with Crippen LogP contribution in [-0.4, -0.2) is 24.3 Å². The lowest BCUT2D eigenvalue weighted by atomic mass is 10.1. The molecule has 0 saturated heterocycles. The zero-order valence-corrected chi connectivity index (χ0v) is 15.4. The number of hydrogen-bond donors (Lipinski definition) is 2. The van der Waals surface area contributed by atoms with Crippen LogP contribution in [0.1, 0.15) is 25.0 Å². The molecule has 3 amide bonds. The molecular formula is C20H23N3O3. The Morgan fingerprint density at radius 3 is 2.12 bits per heavy atom. The van der Waals surface area contributed by atoms with Gasteiger partial charge in [0.1, 0.15) is 6.54 Å². The van der Waals surface area contributed by atoms with Gasteiger partial charge in [0.2, 0.25) is 17.7 Å². The first kappa shape index (κ1) is 19.2. The summed E-state index contributed by atoms with van der Waals surface area (Å²) < 4.78 is 0. The number of carbonyl (C=O) groups excluding carboxylic acids is 3. The fraction of sp³-hybridized carbons (Fsp3) is 0.250. The van der Waals surface area contributed by atoms with Crippen molar-refractivity contribution >= 4 is 34.8 Å². The second-order valence-corrected chi connectivity index (χ2v) is 6.20. The summed E-state index contributed by atoms with van der Waals surface area (Å²) in [6.45, 7) is 6.65. The van der Waals surface area contributed by atoms with Gasteiger partial charge in [-0.1, -0.05) is 17.7 Å². The first-order valence-electron chi connectivity index (χ1n) is 8.29. The molecule has 0 aliphatic carbocycles. The van der Waals surface area contributed by atoms with Crippen molar-refractivity contribution in [2.75, 3.05) is 22.1 Å². The third-order valence-corrected chi connectivity index (χ3v) is 3.84. The maximum atomic E-state index is 12.4. The molecule has 26 heavy (non-hydrogen) atoms. The van der Waals surface area contributed by atoms with Gasteiger partial charge in [0.05, 0.1) is 0 Å². The Hall–Kier alpha value is -3.15. The number of hydrogen-bond acceptors (Lipinski definition) is 3. The average molecular weight is 353 g/mol. The molecule has 0 unspecified atom stereocenters. The van der Waals surface area contributed by atoms with E-state index in [2.05, 4.69) is 10.6 Å². The Morgan fingerprint density at radius 1 is 0.923 bits per heavy atom. The predicted molar refractivity (Wildman–Crippen MR) is 103 cm³/mol. The van der Waals surface area contributed by atoms with E-state index in [0.717, 1.165) is 16.8 Å². The van der Waals surface area contributed by atoms with Crippen LogP contribution in [0.15, 0.2) is 42.5 Å². The number of amides is 3. The van der Waals surface area contributed by atoms with Crippen molar-refractivity contribution in [1.29, 1.82) is 0 Å². The summed E-state index contributed by atoms with van der Waals surface area (Å²) in [5.41, 5.74) is 4.02. The molecule has 0 aliphatic rings. The number of carbonyl (C=O) groups is 3. The summed E-state index contributed by atoms with van der Waals surface area (Å²) in [4.78, 5) is 36.8. The molecular weight excluding hydrogens is 330 g/mol. The molecule has 0 spiro atoms. The van der Waals surface area contributed by atoms with Crippen LogP contribution >= 0.6 is 0 Å². The SMILES string of the molecule is CC(=O)Nc1ccc(N(CC(=O)Nc2ccc(C)cc2C)C(C)=O)cc1. The second-order valence-electron chi connectivity index (χ2n) is 6.20. The van der Waals surface area contributed by atoms with Gasteiger partial charge in [-0.05, 0) is 49.7 Å². The summed E-state index contributed by atoms with van der Waals surface area (Å²) in [6.07, 6.45) is 0. The lowest BCUT2D eigenvalue weighted by Gasteiger charge is -2.21. The number of benzene rings is 2. The number of aryl methyl sites for hydroxylation is 2. The molecule has 2 N–H and O–H groups in total. The molecule has 136 valence electrons. The molecule has 0 bridgehead atoms. The molecule has 6 nitrogen and oxygen atoms in total. The summed E-state index contributed by atoms with van der Waals surface area (Å²) in [5.74, 6) is -0.694. The van der Waals surface area contributed by atoms with E-state index >= 15 is 0 Å². The minimum atomic E-state index is -0.280. The summed E-state index contributed by atoms with van der Waals surface area (Å²) >= 11 is 0. The highest BCUT2D eigenvalue weighted by molar-refractivity contribution is 6.02. The normalized spacial score (nSPS) is 10.2. The van der Waals surface area contributed by atoms with Crippen LogP contribution < -0.4 is 15.5 Å². The topological polar surface area (TPSA) is 78.5 Å². The number of rotatable bonds is 5. The minimum Gasteiger partial charge on any atom is -0.326 e. The third-order valence-electron chi connectivity index (χ3n) is 3.84. The third kappa shape index (κ3) is 5.17. The predicted octanol–water partition coefficient (Wildman–Crippen LogP) is 3.25. The van der Waals surface area contributed by atoms with Crippen molar-refractivity contribution in [1.82, 2.24) is 0 Å². The summed E-state index contributed by atoms with van der Waals surface area (Å²) in [7, 11) is 0. The van der Waals surface area contributed by atoms with E-state index in [1.807, 2.05) is 32.0 Å². The quantitative estimate of drug-likeness (QED) is 0.866. The lowest BCUT2D eigenvalue weighted by molar-refractivity contribution is -0.120. The number of nitrogens with zero attached hydrogens (tertiary/aromatic N) is 1. The molecule has 0 atom stereocenters. The van der Waals surface area contributed by atoms with E-state index in [4.69, 9.17) is 0 Å². The standard InChI is InChI=1S/C20H23N3O3/c1-13-5-10-19(14(2)11-13)22-20(26)12-23(16(4)25)18-8-6-17(7-9-18)21-15(3)24/h5-11H,12H2,1-4H3,(H,21,24)(H,22,26). The van der Waals surface area contributed by atoms with Crippen molar-refractivity contribution in [2.24, 2.45) is 0 Å². The Balaban J connectivity index is 2.11. The molecule has 2 aromatic rings. The Kier molecular flexibility index (Phi) is 6.11. The highest BCUT2D eigenvalue weighted by Gasteiger charge is 2.16. The van der Waals surface area contributed by atoms with Gasteiger partial charge in [-0.2, -0.15) is 0 Å². The van der Waals surface area contributed by atoms with Crippen LogP contribution in [0.4, 0.5) is 17.1 Å². The zero-order chi connectivity index (χ0) is 19.3. The molecule has 2 aromatic carbocycles. The van der Waals surface area contributed by atoms with E-state index < -0.39 is 0 Å². The molecule has 6 heteroatoms. The molecule has 0 aromatic heterocycles. The van der Waals surface area contributed by atoms with Crippen LogP contribution in [0.5, 0.6) is 0 Å².